The number of hydrogen-bond donors (Lipinski definition) is 3. The number of aliphatic imine (C=N–C) groups is 1. The summed E-state index contributed by atoms with van der Waals surface area (Å²) in [7, 11) is 1.77. The number of anilines is 2. The third-order valence-electron chi connectivity index (χ3n) is 6.04. The molecule has 166 valence electrons. The van der Waals surface area contributed by atoms with E-state index < -0.39 is 5.82 Å². The van der Waals surface area contributed by atoms with Crippen LogP contribution in [0, 0.1) is 5.82 Å². The molecule has 2 aliphatic heterocycles. The van der Waals surface area contributed by atoms with E-state index in [-0.39, 0.29) is 18.0 Å². The Morgan fingerprint density at radius 3 is 2.81 bits per heavy atom. The molecule has 1 aromatic heterocycles. The van der Waals surface area contributed by atoms with Gasteiger partial charge in [0.25, 0.3) is 0 Å². The van der Waals surface area contributed by atoms with Crippen molar-refractivity contribution < 1.29 is 9.18 Å². The van der Waals surface area contributed by atoms with Gasteiger partial charge in [-0.05, 0) is 49.9 Å². The molecule has 1 aromatic carbocycles. The fourth-order valence-electron chi connectivity index (χ4n) is 4.65. The van der Waals surface area contributed by atoms with E-state index in [9.17, 15) is 9.18 Å². The number of amidine groups is 1. The molecule has 3 heterocycles. The molecule has 0 bridgehead atoms. The summed E-state index contributed by atoms with van der Waals surface area (Å²) in [6, 6.07) is 5.90. The van der Waals surface area contributed by atoms with Gasteiger partial charge in [-0.2, -0.15) is 0 Å². The van der Waals surface area contributed by atoms with Crippen molar-refractivity contribution in [1.29, 1.82) is 0 Å². The molecule has 31 heavy (non-hydrogen) atoms. The van der Waals surface area contributed by atoms with Crippen molar-refractivity contribution in [1.82, 2.24) is 14.8 Å². The predicted molar refractivity (Wildman–Crippen MR) is 122 cm³/mol. The zero-order valence-corrected chi connectivity index (χ0v) is 18.3. The Morgan fingerprint density at radius 1 is 1.29 bits per heavy atom. The molecule has 0 saturated carbocycles. The minimum Gasteiger partial charge on any atom is -0.385 e. The van der Waals surface area contributed by atoms with Crippen LogP contribution in [0.2, 0.25) is 5.02 Å². The number of aromatic nitrogens is 1. The van der Waals surface area contributed by atoms with Crippen LogP contribution in [0.1, 0.15) is 31.2 Å². The first-order valence-corrected chi connectivity index (χ1v) is 11.0. The Labute approximate surface area is 186 Å². The molecular formula is C22H28ClFN6O. The second kappa shape index (κ2) is 9.18. The number of H-pyrrole nitrogens is 1. The standard InChI is InChI=1S/C22H28ClFN6O/c1-26-21(18-6-7-27-20(18)25)29-8-2-4-17(13-29)30-9-3-5-19(22(30)31)28-16-11-14(23)10-15(24)12-16/h6-7,10-12,17,19,27-28H,2-5,8-9,13,25H2,1H3/t17-,19?/m1/s1. The monoisotopic (exact) mass is 446 g/mol. The lowest BCUT2D eigenvalue weighted by Crippen LogP contribution is -2.57. The minimum absolute atomic E-state index is 0.0506. The SMILES string of the molecule is CN=C(c1cc[nH]c1N)N1CCC[C@@H](N2CCCC(Nc3cc(F)cc(Cl)c3)C2=O)C1. The first kappa shape index (κ1) is 21.5. The van der Waals surface area contributed by atoms with Crippen molar-refractivity contribution in [3.63, 3.8) is 0 Å². The van der Waals surface area contributed by atoms with Crippen LogP contribution in [0.15, 0.2) is 35.5 Å². The first-order valence-electron chi connectivity index (χ1n) is 10.6. The molecule has 9 heteroatoms. The van der Waals surface area contributed by atoms with Gasteiger partial charge in [-0.3, -0.25) is 9.79 Å². The Morgan fingerprint density at radius 2 is 2.10 bits per heavy atom. The van der Waals surface area contributed by atoms with Gasteiger partial charge in [-0.1, -0.05) is 11.6 Å². The van der Waals surface area contributed by atoms with Crippen LogP contribution in [0.25, 0.3) is 0 Å². The maximum absolute atomic E-state index is 13.7. The normalized spacial score (nSPS) is 22.7. The van der Waals surface area contributed by atoms with Crippen molar-refractivity contribution in [3.05, 3.63) is 46.9 Å². The Balaban J connectivity index is 1.47. The van der Waals surface area contributed by atoms with E-state index in [0.29, 0.717) is 29.5 Å². The van der Waals surface area contributed by atoms with Crippen LogP contribution in [-0.4, -0.2) is 65.3 Å². The number of benzene rings is 1. The molecule has 0 aliphatic carbocycles. The summed E-state index contributed by atoms with van der Waals surface area (Å²) < 4.78 is 13.7. The molecule has 2 atom stereocenters. The van der Waals surface area contributed by atoms with Crippen molar-refractivity contribution in [2.24, 2.45) is 4.99 Å². The van der Waals surface area contributed by atoms with Gasteiger partial charge in [0, 0.05) is 49.6 Å². The highest BCUT2D eigenvalue weighted by Crippen LogP contribution is 2.26. The molecule has 1 amide bonds. The van der Waals surface area contributed by atoms with Crippen LogP contribution in [0.4, 0.5) is 15.9 Å². The molecule has 2 aromatic rings. The van der Waals surface area contributed by atoms with E-state index in [1.807, 2.05) is 11.0 Å². The quantitative estimate of drug-likeness (QED) is 0.496. The molecule has 7 nitrogen and oxygen atoms in total. The van der Waals surface area contributed by atoms with Gasteiger partial charge in [0.15, 0.2) is 0 Å². The number of rotatable bonds is 4. The number of carbonyl (C=O) groups is 1. The van der Waals surface area contributed by atoms with E-state index in [1.165, 1.54) is 12.1 Å². The first-order chi connectivity index (χ1) is 15.0. The van der Waals surface area contributed by atoms with Gasteiger partial charge in [0.05, 0.1) is 5.56 Å². The maximum atomic E-state index is 13.7. The average Bonchev–Trinajstić information content (AvgIpc) is 3.15. The van der Waals surface area contributed by atoms with E-state index in [2.05, 4.69) is 20.2 Å². The van der Waals surface area contributed by atoms with E-state index in [1.54, 1.807) is 19.3 Å². The van der Waals surface area contributed by atoms with Crippen molar-refractivity contribution in [2.45, 2.75) is 37.8 Å². The molecular weight excluding hydrogens is 419 g/mol. The number of nitrogens with zero attached hydrogens (tertiary/aromatic N) is 3. The molecule has 2 saturated heterocycles. The number of amides is 1. The lowest BCUT2D eigenvalue weighted by Gasteiger charge is -2.43. The Bertz CT molecular complexity index is 956. The molecule has 4 rings (SSSR count). The molecule has 0 spiro atoms. The van der Waals surface area contributed by atoms with Crippen LogP contribution in [0.5, 0.6) is 0 Å². The zero-order valence-electron chi connectivity index (χ0n) is 17.6. The fraction of sp³-hybridized carbons (Fsp3) is 0.455. The van der Waals surface area contributed by atoms with Gasteiger partial charge in [0.1, 0.15) is 23.5 Å². The van der Waals surface area contributed by atoms with Crippen molar-refractivity contribution >= 4 is 34.8 Å². The van der Waals surface area contributed by atoms with Crippen LogP contribution >= 0.6 is 11.6 Å². The summed E-state index contributed by atoms with van der Waals surface area (Å²) in [4.78, 5) is 25.0. The number of hydrogen-bond acceptors (Lipinski definition) is 4. The molecule has 0 radical (unpaired) electrons. The van der Waals surface area contributed by atoms with E-state index in [4.69, 9.17) is 17.3 Å². The second-order valence-corrected chi connectivity index (χ2v) is 8.56. The molecule has 1 unspecified atom stereocenters. The number of carbonyl (C=O) groups excluding carboxylic acids is 1. The zero-order chi connectivity index (χ0) is 22.0. The highest BCUT2D eigenvalue weighted by molar-refractivity contribution is 6.30. The topological polar surface area (TPSA) is 89.8 Å². The van der Waals surface area contributed by atoms with Crippen molar-refractivity contribution in [2.75, 3.05) is 37.7 Å². The number of aromatic amines is 1. The van der Waals surface area contributed by atoms with E-state index >= 15 is 0 Å². The highest BCUT2D eigenvalue weighted by Gasteiger charge is 2.36. The fourth-order valence-corrected chi connectivity index (χ4v) is 4.87. The lowest BCUT2D eigenvalue weighted by atomic mass is 9.97. The average molecular weight is 447 g/mol. The number of likely N-dealkylation sites (tertiary alicyclic amines) is 2. The summed E-state index contributed by atoms with van der Waals surface area (Å²) in [6.45, 7) is 2.31. The van der Waals surface area contributed by atoms with Gasteiger partial charge in [-0.15, -0.1) is 0 Å². The number of piperidine rings is 2. The summed E-state index contributed by atoms with van der Waals surface area (Å²) in [5.74, 6) is 1.06. The molecule has 4 N–H and O–H groups in total. The van der Waals surface area contributed by atoms with Gasteiger partial charge in [0.2, 0.25) is 5.91 Å². The van der Waals surface area contributed by atoms with Crippen LogP contribution in [0.3, 0.4) is 0 Å². The largest absolute Gasteiger partial charge is 0.385 e. The smallest absolute Gasteiger partial charge is 0.245 e. The maximum Gasteiger partial charge on any atom is 0.245 e. The third-order valence-corrected chi connectivity index (χ3v) is 6.26. The van der Waals surface area contributed by atoms with Gasteiger partial charge < -0.3 is 25.8 Å². The molecule has 2 fully saturated rings. The lowest BCUT2D eigenvalue weighted by molar-refractivity contribution is -0.137. The number of nitrogens with one attached hydrogen (secondary N) is 2. The van der Waals surface area contributed by atoms with Crippen molar-refractivity contribution in [3.8, 4) is 0 Å². The summed E-state index contributed by atoms with van der Waals surface area (Å²) in [6.07, 6.45) is 5.32. The van der Waals surface area contributed by atoms with Gasteiger partial charge >= 0.3 is 0 Å². The molecule has 2 aliphatic rings. The number of halogens is 2. The third kappa shape index (κ3) is 4.63. The van der Waals surface area contributed by atoms with Crippen LogP contribution < -0.4 is 11.1 Å². The number of nitrogen functional groups attached to an aromatic ring is 1. The van der Waals surface area contributed by atoms with Crippen LogP contribution in [-0.2, 0) is 4.79 Å². The van der Waals surface area contributed by atoms with Gasteiger partial charge in [-0.25, -0.2) is 4.39 Å². The highest BCUT2D eigenvalue weighted by atomic mass is 35.5. The Kier molecular flexibility index (Phi) is 6.36. The Hall–Kier alpha value is -2.74. The minimum atomic E-state index is -0.423. The second-order valence-electron chi connectivity index (χ2n) is 8.12. The van der Waals surface area contributed by atoms with E-state index in [0.717, 1.165) is 43.8 Å². The summed E-state index contributed by atoms with van der Waals surface area (Å²) in [5, 5.41) is 3.49. The summed E-state index contributed by atoms with van der Waals surface area (Å²) in [5.41, 5.74) is 7.48. The number of nitrogens with two attached hydrogens (primary N) is 1. The predicted octanol–water partition coefficient (Wildman–Crippen LogP) is 3.33. The summed E-state index contributed by atoms with van der Waals surface area (Å²) >= 11 is 5.96.